The third-order valence-electron chi connectivity index (χ3n) is 9.90. The molecule has 0 bridgehead atoms. The van der Waals surface area contributed by atoms with E-state index in [1.165, 1.54) is 0 Å². The first kappa shape index (κ1) is 26.6. The fourth-order valence-corrected chi connectivity index (χ4v) is 7.39. The summed E-state index contributed by atoms with van der Waals surface area (Å²) >= 11 is 0. The summed E-state index contributed by atoms with van der Waals surface area (Å²) in [7, 11) is 0. The van der Waals surface area contributed by atoms with E-state index in [1.54, 1.807) is 63.7 Å². The second-order valence-corrected chi connectivity index (χ2v) is 13.3. The Hall–Kier alpha value is -7.27. The number of aromatic nitrogens is 5. The van der Waals surface area contributed by atoms with Crippen LogP contribution < -0.4 is 9.30 Å². The predicted octanol–water partition coefficient (Wildman–Crippen LogP) is 11.7. The van der Waals surface area contributed by atoms with Gasteiger partial charge in [0.1, 0.15) is 0 Å². The Morgan fingerprint density at radius 1 is 0.576 bits per heavy atom. The SMILES string of the molecule is [2H]c1c([2H])c([2H])c(-c2cccc(-c3c([2H])c([2H])c([2H])c([2H])c3[2H])c2-[n+]2[c-]n(-c3[c-]c(Oc4[c-]c(-c5cn6c7ccccc7n(-c7ccccc7)c6n5)ccc4)ccc3)c3ccccc32)c([2H])c1[2H].[Pt]. The van der Waals surface area contributed by atoms with E-state index in [2.05, 4.69) is 39.6 Å². The Labute approximate surface area is 369 Å². The Bertz CT molecular complexity index is 3720. The maximum Gasteiger partial charge on any atom is 0.268 e. The molecule has 0 fully saturated rings. The van der Waals surface area contributed by atoms with Crippen LogP contribution in [0.5, 0.6) is 11.5 Å². The molecule has 284 valence electrons. The van der Waals surface area contributed by atoms with Gasteiger partial charge < -0.3 is 9.30 Å². The van der Waals surface area contributed by atoms with Crippen LogP contribution in [-0.2, 0) is 21.1 Å². The van der Waals surface area contributed by atoms with Gasteiger partial charge in [-0.05, 0) is 58.4 Å². The van der Waals surface area contributed by atoms with Gasteiger partial charge in [-0.2, -0.15) is 12.1 Å². The number of ether oxygens (including phenoxy) is 1. The number of benzene rings is 8. The maximum absolute atomic E-state index is 8.97. The largest absolute Gasteiger partial charge is 0.503 e. The Balaban J connectivity index is 0.00000553. The van der Waals surface area contributed by atoms with Crippen LogP contribution in [0.4, 0.5) is 0 Å². The fourth-order valence-electron chi connectivity index (χ4n) is 7.39. The molecular weight excluding hydrogens is 906 g/mol. The zero-order chi connectivity index (χ0) is 47.1. The monoisotopic (exact) mass is 948 g/mol. The molecule has 0 amide bonds. The Morgan fingerprint density at radius 3 is 1.92 bits per heavy atom. The van der Waals surface area contributed by atoms with Crippen molar-refractivity contribution in [3.8, 4) is 62.1 Å². The molecule has 7 heteroatoms. The van der Waals surface area contributed by atoms with E-state index in [4.69, 9.17) is 23.4 Å². The topological polar surface area (TPSA) is 40.3 Å². The third-order valence-corrected chi connectivity index (χ3v) is 9.90. The first-order valence-electron chi connectivity index (χ1n) is 23.4. The van der Waals surface area contributed by atoms with Crippen molar-refractivity contribution in [1.29, 1.82) is 0 Å². The summed E-state index contributed by atoms with van der Waals surface area (Å²) in [4.78, 5) is 5.08. The minimum absolute atomic E-state index is 0. The Morgan fingerprint density at radius 2 is 1.19 bits per heavy atom. The summed E-state index contributed by atoms with van der Waals surface area (Å²) in [6.07, 6.45) is 5.37. The molecule has 3 heterocycles. The number of hydrogen-bond acceptors (Lipinski definition) is 2. The van der Waals surface area contributed by atoms with Crippen LogP contribution in [0.25, 0.3) is 78.4 Å². The zero-order valence-electron chi connectivity index (χ0n) is 40.7. The average Bonchev–Trinajstić information content (AvgIpc) is 4.06. The third kappa shape index (κ3) is 6.44. The molecule has 11 aromatic rings. The number of hydrogen-bond donors (Lipinski definition) is 0. The summed E-state index contributed by atoms with van der Waals surface area (Å²) in [5.74, 6) is 1.51. The zero-order valence-corrected chi connectivity index (χ0v) is 33.0. The molecule has 0 aliphatic rings. The van der Waals surface area contributed by atoms with Gasteiger partial charge in [-0.25, -0.2) is 0 Å². The summed E-state index contributed by atoms with van der Waals surface area (Å²) in [6.45, 7) is 0. The predicted molar refractivity (Wildman–Crippen MR) is 230 cm³/mol. The maximum atomic E-state index is 8.97. The van der Waals surface area contributed by atoms with Crippen LogP contribution in [0.2, 0.25) is 0 Å². The number of nitrogens with zero attached hydrogens (tertiary/aromatic N) is 5. The molecule has 6 nitrogen and oxygen atoms in total. The van der Waals surface area contributed by atoms with Gasteiger partial charge >= 0.3 is 0 Å². The molecule has 0 spiro atoms. The molecule has 8 aromatic carbocycles. The smallest absolute Gasteiger partial charge is 0.268 e. The molecule has 0 saturated carbocycles. The second kappa shape index (κ2) is 15.2. The van der Waals surface area contributed by atoms with Crippen molar-refractivity contribution >= 4 is 27.8 Å². The average molecular weight is 949 g/mol. The van der Waals surface area contributed by atoms with E-state index in [9.17, 15) is 0 Å². The van der Waals surface area contributed by atoms with E-state index >= 15 is 0 Å². The standard InChI is InChI=1S/C52H33N5O.Pt/c1-4-17-37(18-5-1)44-27-16-28-45(38-19-6-2-7-20-38)51(44)56-36-55(47-29-10-11-30-48(47)56)41-24-15-26-43(34-41)58-42-25-14-21-39(33-42)46-35-54-49-31-12-13-32-50(49)57(52(54)53-46)40-22-8-3-9-23-40;/h1-32,35H;/q-2;/i1D,2D,4D,5D,6D,7D,17D,18D,19D,20D;. The summed E-state index contributed by atoms with van der Waals surface area (Å²) < 4.78 is 101. The Kier molecular flexibility index (Phi) is 6.87. The van der Waals surface area contributed by atoms with E-state index in [1.807, 2.05) is 72.9 Å². The minimum Gasteiger partial charge on any atom is -0.503 e. The van der Waals surface area contributed by atoms with Gasteiger partial charge in [-0.15, -0.1) is 35.9 Å². The van der Waals surface area contributed by atoms with Gasteiger partial charge in [-0.3, -0.25) is 18.5 Å². The molecule has 0 atom stereocenters. The van der Waals surface area contributed by atoms with Gasteiger partial charge in [0.15, 0.2) is 0 Å². The molecule has 3 aromatic heterocycles. The van der Waals surface area contributed by atoms with Crippen LogP contribution in [0.15, 0.2) is 200 Å². The number of para-hydroxylation sites is 6. The van der Waals surface area contributed by atoms with E-state index in [0.29, 0.717) is 39.5 Å². The van der Waals surface area contributed by atoms with Crippen molar-refractivity contribution < 1.29 is 44.1 Å². The van der Waals surface area contributed by atoms with Crippen LogP contribution >= 0.6 is 0 Å². The van der Waals surface area contributed by atoms with Gasteiger partial charge in [0.05, 0.1) is 41.5 Å². The molecule has 0 aliphatic heterocycles. The van der Waals surface area contributed by atoms with Gasteiger partial charge in [0.2, 0.25) is 5.78 Å². The van der Waals surface area contributed by atoms with Crippen molar-refractivity contribution in [3.05, 3.63) is 219 Å². The van der Waals surface area contributed by atoms with Gasteiger partial charge in [0.25, 0.3) is 6.33 Å². The normalized spacial score (nSPS) is 13.6. The molecular formula is C52H33N5OPt-2. The summed E-state index contributed by atoms with van der Waals surface area (Å²) in [6, 6.07) is 42.6. The first-order valence-corrected chi connectivity index (χ1v) is 18.4. The van der Waals surface area contributed by atoms with Crippen LogP contribution in [0.1, 0.15) is 13.7 Å². The van der Waals surface area contributed by atoms with E-state index in [-0.39, 0.29) is 49.0 Å². The van der Waals surface area contributed by atoms with E-state index < -0.39 is 60.4 Å². The van der Waals surface area contributed by atoms with Crippen molar-refractivity contribution in [2.45, 2.75) is 0 Å². The van der Waals surface area contributed by atoms with Crippen LogP contribution in [-0.4, -0.2) is 18.5 Å². The van der Waals surface area contributed by atoms with Crippen molar-refractivity contribution in [2.24, 2.45) is 0 Å². The van der Waals surface area contributed by atoms with E-state index in [0.717, 1.165) is 22.5 Å². The summed E-state index contributed by atoms with van der Waals surface area (Å²) in [5, 5.41) is 0. The molecule has 0 unspecified atom stereocenters. The van der Waals surface area contributed by atoms with Crippen LogP contribution in [0, 0.1) is 18.5 Å². The number of rotatable bonds is 8. The van der Waals surface area contributed by atoms with Gasteiger partial charge in [0, 0.05) is 43.9 Å². The van der Waals surface area contributed by atoms with Crippen molar-refractivity contribution in [1.82, 2.24) is 18.5 Å². The number of imidazole rings is 3. The fraction of sp³-hybridized carbons (Fsp3) is 0. The van der Waals surface area contributed by atoms with Crippen molar-refractivity contribution in [2.75, 3.05) is 0 Å². The first-order chi connectivity index (χ1) is 32.9. The molecule has 0 saturated heterocycles. The van der Waals surface area contributed by atoms with Crippen molar-refractivity contribution in [3.63, 3.8) is 0 Å². The summed E-state index contributed by atoms with van der Waals surface area (Å²) in [5.41, 5.74) is 6.22. The van der Waals surface area contributed by atoms with Crippen LogP contribution in [0.3, 0.4) is 0 Å². The second-order valence-electron chi connectivity index (χ2n) is 13.3. The molecule has 0 radical (unpaired) electrons. The molecule has 11 rings (SSSR count). The molecule has 0 N–H and O–H groups in total. The quantitative estimate of drug-likeness (QED) is 0.112. The molecule has 0 aliphatic carbocycles. The number of fused-ring (bicyclic) bond motifs is 4. The molecule has 59 heavy (non-hydrogen) atoms. The minimum atomic E-state index is -0.573. The van der Waals surface area contributed by atoms with Gasteiger partial charge in [-0.1, -0.05) is 139 Å².